The zero-order chi connectivity index (χ0) is 12.5. The molecule has 1 aliphatic rings. The molecule has 1 aliphatic heterocycles. The number of nitrogens with zero attached hydrogens (tertiary/aromatic N) is 1. The zero-order valence-corrected chi connectivity index (χ0v) is 11.3. The standard InChI is InChI=1S/C12H14BrN3O/c1-3-14-11-15-10(17)12(2,16-11)8-4-6-9(13)7-5-8/h4-7H,3H2,1-2H3,(H2,14,15,16,17). The fraction of sp³-hybridized carbons (Fsp3) is 0.333. The van der Waals surface area contributed by atoms with E-state index in [4.69, 9.17) is 0 Å². The van der Waals surface area contributed by atoms with Crippen LogP contribution in [0.15, 0.2) is 33.7 Å². The molecule has 90 valence electrons. The first kappa shape index (κ1) is 12.1. The Balaban J connectivity index is 2.34. The number of nitrogens with one attached hydrogen (secondary N) is 2. The quantitative estimate of drug-likeness (QED) is 0.874. The number of aliphatic imine (C=N–C) groups is 1. The predicted octanol–water partition coefficient (Wildman–Crippen LogP) is 1.76. The van der Waals surface area contributed by atoms with Crippen LogP contribution in [0.1, 0.15) is 19.4 Å². The van der Waals surface area contributed by atoms with Crippen LogP contribution in [-0.4, -0.2) is 18.4 Å². The Hall–Kier alpha value is -1.36. The average Bonchev–Trinajstić information content (AvgIpc) is 2.57. The second-order valence-corrected chi connectivity index (χ2v) is 4.95. The zero-order valence-electron chi connectivity index (χ0n) is 9.75. The average molecular weight is 296 g/mol. The van der Waals surface area contributed by atoms with E-state index >= 15 is 0 Å². The molecule has 1 fully saturated rings. The van der Waals surface area contributed by atoms with E-state index in [1.807, 2.05) is 38.1 Å². The third-order valence-electron chi connectivity index (χ3n) is 2.79. The van der Waals surface area contributed by atoms with E-state index in [0.717, 1.165) is 10.0 Å². The minimum atomic E-state index is -0.741. The van der Waals surface area contributed by atoms with Gasteiger partial charge in [-0.1, -0.05) is 28.1 Å². The first-order valence-corrected chi connectivity index (χ1v) is 6.25. The summed E-state index contributed by atoms with van der Waals surface area (Å²) in [7, 11) is 0. The Bertz CT molecular complexity index is 469. The third kappa shape index (κ3) is 2.20. The largest absolute Gasteiger partial charge is 0.338 e. The molecule has 4 nitrogen and oxygen atoms in total. The molecule has 0 aliphatic carbocycles. The molecule has 0 radical (unpaired) electrons. The monoisotopic (exact) mass is 295 g/mol. The van der Waals surface area contributed by atoms with Crippen LogP contribution in [0.3, 0.4) is 0 Å². The van der Waals surface area contributed by atoms with Gasteiger partial charge in [0.05, 0.1) is 0 Å². The van der Waals surface area contributed by atoms with E-state index in [-0.39, 0.29) is 5.91 Å². The number of carbonyl (C=O) groups is 1. The van der Waals surface area contributed by atoms with Gasteiger partial charge < -0.3 is 5.32 Å². The van der Waals surface area contributed by atoms with Crippen LogP contribution in [0, 0.1) is 0 Å². The molecule has 0 bridgehead atoms. The maximum Gasteiger partial charge on any atom is 0.256 e. The second kappa shape index (κ2) is 4.49. The third-order valence-corrected chi connectivity index (χ3v) is 3.32. The van der Waals surface area contributed by atoms with E-state index in [1.165, 1.54) is 0 Å². The minimum absolute atomic E-state index is 0.0768. The molecule has 1 heterocycles. The second-order valence-electron chi connectivity index (χ2n) is 4.03. The number of carbonyl (C=O) groups excluding carboxylic acids is 1. The van der Waals surface area contributed by atoms with E-state index < -0.39 is 5.54 Å². The smallest absolute Gasteiger partial charge is 0.256 e. The van der Waals surface area contributed by atoms with Gasteiger partial charge in [-0.25, -0.2) is 0 Å². The molecule has 0 saturated carbocycles. The highest BCUT2D eigenvalue weighted by atomic mass is 79.9. The van der Waals surface area contributed by atoms with Crippen LogP contribution in [-0.2, 0) is 10.3 Å². The van der Waals surface area contributed by atoms with Crippen molar-refractivity contribution in [1.82, 2.24) is 10.6 Å². The Morgan fingerprint density at radius 2 is 2.00 bits per heavy atom. The van der Waals surface area contributed by atoms with Crippen molar-refractivity contribution in [2.45, 2.75) is 19.4 Å². The van der Waals surface area contributed by atoms with Crippen molar-refractivity contribution in [2.75, 3.05) is 6.54 Å². The number of hydrogen-bond donors (Lipinski definition) is 2. The summed E-state index contributed by atoms with van der Waals surface area (Å²) in [5, 5.41) is 5.87. The fourth-order valence-electron chi connectivity index (χ4n) is 1.78. The van der Waals surface area contributed by atoms with Gasteiger partial charge >= 0.3 is 0 Å². The van der Waals surface area contributed by atoms with E-state index in [9.17, 15) is 4.79 Å². The number of hydrogen-bond acceptors (Lipinski definition) is 2. The lowest BCUT2D eigenvalue weighted by molar-refractivity contribution is -0.123. The Morgan fingerprint density at radius 1 is 1.35 bits per heavy atom. The van der Waals surface area contributed by atoms with E-state index in [0.29, 0.717) is 12.5 Å². The number of guanidine groups is 1. The summed E-state index contributed by atoms with van der Waals surface area (Å²) in [6.07, 6.45) is 0. The lowest BCUT2D eigenvalue weighted by atomic mass is 9.92. The van der Waals surface area contributed by atoms with Crippen LogP contribution in [0.5, 0.6) is 0 Å². The van der Waals surface area contributed by atoms with Gasteiger partial charge in [-0.15, -0.1) is 0 Å². The minimum Gasteiger partial charge on any atom is -0.338 e. The highest BCUT2D eigenvalue weighted by Gasteiger charge is 2.42. The summed E-state index contributed by atoms with van der Waals surface area (Å²) in [5.41, 5.74) is 0.175. The van der Waals surface area contributed by atoms with Crippen molar-refractivity contribution in [2.24, 2.45) is 4.99 Å². The lowest BCUT2D eigenvalue weighted by Gasteiger charge is -2.21. The molecule has 1 aromatic rings. The molecule has 1 saturated heterocycles. The highest BCUT2D eigenvalue weighted by molar-refractivity contribution is 9.10. The van der Waals surface area contributed by atoms with Gasteiger partial charge in [0, 0.05) is 11.0 Å². The van der Waals surface area contributed by atoms with E-state index in [2.05, 4.69) is 31.6 Å². The Morgan fingerprint density at radius 3 is 2.59 bits per heavy atom. The summed E-state index contributed by atoms with van der Waals surface area (Å²) in [6.45, 7) is 4.42. The molecule has 1 amide bonds. The molecule has 2 rings (SSSR count). The number of halogens is 1. The van der Waals surface area contributed by atoms with Crippen molar-refractivity contribution in [3.05, 3.63) is 34.3 Å². The molecule has 17 heavy (non-hydrogen) atoms. The maximum absolute atomic E-state index is 12.0. The summed E-state index contributed by atoms with van der Waals surface area (Å²) in [5.74, 6) is 0.468. The van der Waals surface area contributed by atoms with Crippen LogP contribution in [0.4, 0.5) is 0 Å². The van der Waals surface area contributed by atoms with Crippen molar-refractivity contribution < 1.29 is 4.79 Å². The first-order valence-electron chi connectivity index (χ1n) is 5.46. The van der Waals surface area contributed by atoms with Crippen molar-refractivity contribution in [3.8, 4) is 0 Å². The summed E-state index contributed by atoms with van der Waals surface area (Å²) in [6, 6.07) is 7.69. The van der Waals surface area contributed by atoms with Crippen LogP contribution in [0.25, 0.3) is 0 Å². The van der Waals surface area contributed by atoms with E-state index in [1.54, 1.807) is 0 Å². The Labute approximate surface area is 109 Å². The van der Waals surface area contributed by atoms with Gasteiger partial charge in [-0.2, -0.15) is 0 Å². The van der Waals surface area contributed by atoms with Crippen LogP contribution in [0.2, 0.25) is 0 Å². The molecule has 1 unspecified atom stereocenters. The topological polar surface area (TPSA) is 53.5 Å². The van der Waals surface area contributed by atoms with Crippen LogP contribution >= 0.6 is 15.9 Å². The molecule has 1 atom stereocenters. The number of amides is 1. The summed E-state index contributed by atoms with van der Waals surface area (Å²) in [4.78, 5) is 16.2. The van der Waals surface area contributed by atoms with Gasteiger partial charge in [0.15, 0.2) is 5.96 Å². The normalized spacial score (nSPS) is 25.8. The Kier molecular flexibility index (Phi) is 3.19. The number of benzene rings is 1. The fourth-order valence-corrected chi connectivity index (χ4v) is 2.05. The SMILES string of the molecule is CCN=C1NC(=O)C(C)(c2ccc(Br)cc2)N1. The van der Waals surface area contributed by atoms with Gasteiger partial charge in [0.1, 0.15) is 5.54 Å². The summed E-state index contributed by atoms with van der Waals surface area (Å²) < 4.78 is 0.991. The van der Waals surface area contributed by atoms with Crippen LogP contribution < -0.4 is 10.6 Å². The van der Waals surface area contributed by atoms with Crippen molar-refractivity contribution in [3.63, 3.8) is 0 Å². The molecule has 0 spiro atoms. The lowest BCUT2D eigenvalue weighted by Crippen LogP contribution is -2.40. The highest BCUT2D eigenvalue weighted by Crippen LogP contribution is 2.25. The summed E-state index contributed by atoms with van der Waals surface area (Å²) >= 11 is 3.38. The van der Waals surface area contributed by atoms with Crippen molar-refractivity contribution >= 4 is 27.8 Å². The van der Waals surface area contributed by atoms with Gasteiger partial charge in [0.25, 0.3) is 5.91 Å². The van der Waals surface area contributed by atoms with Gasteiger partial charge in [-0.3, -0.25) is 15.1 Å². The molecular weight excluding hydrogens is 282 g/mol. The maximum atomic E-state index is 12.0. The molecule has 5 heteroatoms. The molecule has 0 aromatic heterocycles. The molecular formula is C12H14BrN3O. The van der Waals surface area contributed by atoms with Gasteiger partial charge in [-0.05, 0) is 31.5 Å². The first-order chi connectivity index (χ1) is 8.06. The van der Waals surface area contributed by atoms with Gasteiger partial charge in [0.2, 0.25) is 0 Å². The predicted molar refractivity (Wildman–Crippen MR) is 70.7 cm³/mol. The number of rotatable bonds is 2. The van der Waals surface area contributed by atoms with Crippen molar-refractivity contribution in [1.29, 1.82) is 0 Å². The molecule has 1 aromatic carbocycles. The molecule has 2 N–H and O–H groups in total.